The van der Waals surface area contributed by atoms with Crippen LogP contribution in [0.3, 0.4) is 0 Å². The molecule has 1 atom stereocenters. The number of methoxy groups -OCH3 is 1. The summed E-state index contributed by atoms with van der Waals surface area (Å²) < 4.78 is 18.1. The number of carbonyl (C=O) groups is 2. The lowest BCUT2D eigenvalue weighted by molar-refractivity contribution is -0.149. The molecule has 0 radical (unpaired) electrons. The largest absolute Gasteiger partial charge is 0.490 e. The highest BCUT2D eigenvalue weighted by Gasteiger charge is 2.29. The zero-order valence-corrected chi connectivity index (χ0v) is 16.9. The number of amides is 1. The van der Waals surface area contributed by atoms with Crippen LogP contribution in [-0.2, 0) is 14.3 Å². The highest BCUT2D eigenvalue weighted by molar-refractivity contribution is 6.41. The summed E-state index contributed by atoms with van der Waals surface area (Å²) in [6.45, 7) is 1.05. The Kier molecular flexibility index (Phi) is 5.71. The van der Waals surface area contributed by atoms with E-state index >= 15 is 0 Å². The summed E-state index contributed by atoms with van der Waals surface area (Å²) in [5.41, 5.74) is 6.89. The van der Waals surface area contributed by atoms with Crippen LogP contribution in [0, 0.1) is 0 Å². The maximum Gasteiger partial charge on any atom is 0.354 e. The van der Waals surface area contributed by atoms with E-state index in [0.717, 1.165) is 0 Å². The third-order valence-corrected chi connectivity index (χ3v) is 5.02. The lowest BCUT2D eigenvalue weighted by Crippen LogP contribution is -2.52. The number of carboxylic acids is 1. The van der Waals surface area contributed by atoms with Crippen molar-refractivity contribution in [1.82, 2.24) is 19.5 Å². The van der Waals surface area contributed by atoms with Crippen LogP contribution in [0.1, 0.15) is 12.0 Å². The van der Waals surface area contributed by atoms with Crippen LogP contribution in [0.25, 0.3) is 11.3 Å². The van der Waals surface area contributed by atoms with E-state index < -0.39 is 5.97 Å². The van der Waals surface area contributed by atoms with Gasteiger partial charge < -0.3 is 30.0 Å². The van der Waals surface area contributed by atoms with E-state index in [1.165, 1.54) is 23.9 Å². The molecule has 0 spiro atoms. The van der Waals surface area contributed by atoms with Gasteiger partial charge in [-0.3, -0.25) is 9.79 Å². The van der Waals surface area contributed by atoms with Gasteiger partial charge in [0.25, 0.3) is 5.88 Å². The Morgan fingerprint density at radius 2 is 2.23 bits per heavy atom. The number of aliphatic carboxylic acids is 1. The van der Waals surface area contributed by atoms with Gasteiger partial charge in [-0.25, -0.2) is 9.31 Å². The van der Waals surface area contributed by atoms with Crippen molar-refractivity contribution in [2.75, 3.05) is 40.0 Å². The molecule has 1 unspecified atom stereocenters. The molecule has 0 aromatic carbocycles. The molecular weight excluding hydrogens is 408 g/mol. The van der Waals surface area contributed by atoms with E-state index in [1.807, 2.05) is 0 Å². The van der Waals surface area contributed by atoms with E-state index in [1.54, 1.807) is 11.1 Å². The lowest BCUT2D eigenvalue weighted by atomic mass is 10.2. The number of fused-ring (bicyclic) bond motifs is 2. The van der Waals surface area contributed by atoms with Crippen LogP contribution >= 0.6 is 0 Å². The number of carbonyl (C=O) groups excluding carboxylic acids is 1. The first-order chi connectivity index (χ1) is 15.0. The number of aliphatic imine (C=N–C) groups is 1. The molecule has 12 heteroatoms. The van der Waals surface area contributed by atoms with Crippen molar-refractivity contribution in [2.24, 2.45) is 10.7 Å². The topological polar surface area (TPSA) is 154 Å². The highest BCUT2D eigenvalue weighted by Crippen LogP contribution is 2.28. The first-order valence-electron chi connectivity index (χ1n) is 9.65. The van der Waals surface area contributed by atoms with Gasteiger partial charge in [0.2, 0.25) is 5.91 Å². The minimum atomic E-state index is -1.21. The smallest absolute Gasteiger partial charge is 0.354 e. The fourth-order valence-corrected chi connectivity index (χ4v) is 3.45. The van der Waals surface area contributed by atoms with Crippen LogP contribution in [0.5, 0.6) is 11.6 Å². The molecular formula is C19H22N6O6. The summed E-state index contributed by atoms with van der Waals surface area (Å²) in [5, 5.41) is 13.7. The molecule has 2 aromatic heterocycles. The molecule has 1 amide bonds. The predicted molar refractivity (Wildman–Crippen MR) is 108 cm³/mol. The summed E-state index contributed by atoms with van der Waals surface area (Å²) in [6, 6.07) is -0.329. The van der Waals surface area contributed by atoms with Gasteiger partial charge in [-0.1, -0.05) is 0 Å². The molecule has 3 N–H and O–H groups in total. The normalized spacial score (nSPS) is 21.9. The number of morpholine rings is 1. The van der Waals surface area contributed by atoms with Crippen molar-refractivity contribution >= 4 is 28.9 Å². The first-order valence-corrected chi connectivity index (χ1v) is 9.65. The van der Waals surface area contributed by atoms with E-state index in [2.05, 4.69) is 15.1 Å². The lowest BCUT2D eigenvalue weighted by Gasteiger charge is -2.35. The molecule has 4 heterocycles. The number of nitrogens with two attached hydrogens (primary N) is 1. The van der Waals surface area contributed by atoms with Crippen LogP contribution in [0.15, 0.2) is 23.5 Å². The van der Waals surface area contributed by atoms with Crippen LogP contribution in [0.4, 0.5) is 0 Å². The third kappa shape index (κ3) is 4.14. The molecule has 2 bridgehead atoms. The average Bonchev–Trinajstić information content (AvgIpc) is 3.16. The average molecular weight is 430 g/mol. The molecule has 0 saturated carbocycles. The molecule has 1 fully saturated rings. The highest BCUT2D eigenvalue weighted by atomic mass is 16.5. The van der Waals surface area contributed by atoms with E-state index in [4.69, 9.17) is 19.9 Å². The molecule has 4 rings (SSSR count). The fraction of sp³-hybridized carbons (Fsp3) is 0.421. The van der Waals surface area contributed by atoms with E-state index in [-0.39, 0.29) is 49.0 Å². The van der Waals surface area contributed by atoms with Crippen LogP contribution < -0.4 is 15.2 Å². The maximum absolute atomic E-state index is 12.4. The molecule has 31 heavy (non-hydrogen) atoms. The molecule has 2 aliphatic heterocycles. The Labute approximate surface area is 176 Å². The Bertz CT molecular complexity index is 1080. The summed E-state index contributed by atoms with van der Waals surface area (Å²) in [4.78, 5) is 34.3. The number of aromatic nitrogens is 3. The molecule has 2 aliphatic rings. The Morgan fingerprint density at radius 3 is 3.00 bits per heavy atom. The summed E-state index contributed by atoms with van der Waals surface area (Å²) in [5.74, 6) is -0.826. The van der Waals surface area contributed by atoms with Crippen molar-refractivity contribution in [3.63, 3.8) is 0 Å². The van der Waals surface area contributed by atoms with Crippen molar-refractivity contribution in [3.05, 3.63) is 24.0 Å². The van der Waals surface area contributed by atoms with Gasteiger partial charge in [-0.2, -0.15) is 10.1 Å². The second-order valence-electron chi connectivity index (χ2n) is 7.03. The SMILES string of the molecule is COc1cn2ncc3c2nc1OCC1COCC(=O)N1CCCN=C(C(=O)O)/C=C/3N. The van der Waals surface area contributed by atoms with Gasteiger partial charge in [0.05, 0.1) is 37.7 Å². The fourth-order valence-electron chi connectivity index (χ4n) is 3.45. The standard InChI is InChI=1S/C19H22N6O6/c1-29-15-7-25-17-12(6-22-25)13(20)5-14(19(27)28)21-3-2-4-24-11(8-30-10-16(24)26)9-31-18(15)23-17/h5-7,11H,2-4,8-10,20H2,1H3,(H,27,28)/b13-5-,21-14?. The minimum absolute atomic E-state index is 0.00781. The van der Waals surface area contributed by atoms with Crippen LogP contribution in [0.2, 0.25) is 0 Å². The molecule has 0 aliphatic carbocycles. The second kappa shape index (κ2) is 8.60. The predicted octanol–water partition coefficient (Wildman–Crippen LogP) is -0.427. The summed E-state index contributed by atoms with van der Waals surface area (Å²) in [6.07, 6.45) is 4.80. The monoisotopic (exact) mass is 430 g/mol. The second-order valence-corrected chi connectivity index (χ2v) is 7.03. The number of carboxylic acid groups (broad SMARTS) is 1. The Balaban J connectivity index is 1.80. The zero-order valence-electron chi connectivity index (χ0n) is 16.9. The maximum atomic E-state index is 12.4. The number of hydrogen-bond donors (Lipinski definition) is 2. The third-order valence-electron chi connectivity index (χ3n) is 5.02. The van der Waals surface area contributed by atoms with Crippen molar-refractivity contribution in [1.29, 1.82) is 0 Å². The number of ether oxygens (including phenoxy) is 3. The van der Waals surface area contributed by atoms with E-state index in [9.17, 15) is 14.7 Å². The van der Waals surface area contributed by atoms with Gasteiger partial charge in [-0.15, -0.1) is 0 Å². The number of rotatable bonds is 2. The number of nitrogens with zero attached hydrogens (tertiary/aromatic N) is 5. The minimum Gasteiger partial charge on any atom is -0.490 e. The van der Waals surface area contributed by atoms with E-state index in [0.29, 0.717) is 36.5 Å². The van der Waals surface area contributed by atoms with Crippen LogP contribution in [-0.4, -0.2) is 88.3 Å². The molecule has 12 nitrogen and oxygen atoms in total. The summed E-state index contributed by atoms with van der Waals surface area (Å²) >= 11 is 0. The molecule has 1 saturated heterocycles. The van der Waals surface area contributed by atoms with Gasteiger partial charge in [-0.05, 0) is 12.5 Å². The van der Waals surface area contributed by atoms with Gasteiger partial charge in [0.1, 0.15) is 18.9 Å². The molecule has 2 aromatic rings. The molecule has 164 valence electrons. The van der Waals surface area contributed by atoms with Crippen molar-refractivity contribution < 1.29 is 28.9 Å². The zero-order chi connectivity index (χ0) is 22.0. The Hall–Kier alpha value is -3.67. The van der Waals surface area contributed by atoms with Gasteiger partial charge in [0.15, 0.2) is 11.4 Å². The Morgan fingerprint density at radius 1 is 1.39 bits per heavy atom. The van der Waals surface area contributed by atoms with Gasteiger partial charge >= 0.3 is 5.97 Å². The van der Waals surface area contributed by atoms with Crippen molar-refractivity contribution in [3.8, 4) is 11.6 Å². The number of hydrogen-bond acceptors (Lipinski definition) is 9. The summed E-state index contributed by atoms with van der Waals surface area (Å²) in [7, 11) is 1.48. The van der Waals surface area contributed by atoms with Crippen molar-refractivity contribution in [2.45, 2.75) is 12.5 Å². The quantitative estimate of drug-likeness (QED) is 0.646. The first kappa shape index (κ1) is 20.6. The van der Waals surface area contributed by atoms with Gasteiger partial charge in [0, 0.05) is 18.8 Å².